The Bertz CT molecular complexity index is 549. The molecular weight excluding hydrogens is 256 g/mol. The highest BCUT2D eigenvalue weighted by Gasteiger charge is 1.99. The summed E-state index contributed by atoms with van der Waals surface area (Å²) in [7, 11) is 1.64. The predicted octanol–water partition coefficient (Wildman–Crippen LogP) is 3.81. The minimum absolute atomic E-state index is 0.564. The highest BCUT2D eigenvalue weighted by molar-refractivity contribution is 7.80. The lowest BCUT2D eigenvalue weighted by molar-refractivity contribution is 0.415. The first-order valence-corrected chi connectivity index (χ1v) is 6.37. The van der Waals surface area contributed by atoms with Gasteiger partial charge in [-0.3, -0.25) is 0 Å². The molecule has 3 nitrogen and oxygen atoms in total. The minimum atomic E-state index is 0.564. The number of rotatable bonds is 3. The Kier molecular flexibility index (Phi) is 4.36. The largest absolute Gasteiger partial charge is 0.497 e. The molecule has 0 fully saturated rings. The molecule has 0 aliphatic heterocycles. The number of ether oxygens (including phenoxy) is 1. The molecule has 2 N–H and O–H groups in total. The van der Waals surface area contributed by atoms with Crippen molar-refractivity contribution in [1.29, 1.82) is 0 Å². The van der Waals surface area contributed by atoms with E-state index in [0.717, 1.165) is 17.1 Å². The topological polar surface area (TPSA) is 33.3 Å². The molecule has 19 heavy (non-hydrogen) atoms. The van der Waals surface area contributed by atoms with Gasteiger partial charge in [-0.1, -0.05) is 17.7 Å². The first-order valence-electron chi connectivity index (χ1n) is 5.96. The summed E-state index contributed by atoms with van der Waals surface area (Å²) in [5, 5.41) is 6.82. The summed E-state index contributed by atoms with van der Waals surface area (Å²) in [5.74, 6) is 0.822. The van der Waals surface area contributed by atoms with Gasteiger partial charge in [-0.2, -0.15) is 0 Å². The Hall–Kier alpha value is -2.07. The number of nitrogens with one attached hydrogen (secondary N) is 2. The van der Waals surface area contributed by atoms with Gasteiger partial charge in [-0.25, -0.2) is 0 Å². The van der Waals surface area contributed by atoms with E-state index in [1.54, 1.807) is 7.11 Å². The van der Waals surface area contributed by atoms with Crippen LogP contribution in [0.3, 0.4) is 0 Å². The summed E-state index contributed by atoms with van der Waals surface area (Å²) in [6.45, 7) is 2.05. The molecule has 0 spiro atoms. The molecular formula is C15H16N2OS. The fourth-order valence-electron chi connectivity index (χ4n) is 1.60. The van der Waals surface area contributed by atoms with E-state index in [-0.39, 0.29) is 0 Å². The fraction of sp³-hybridized carbons (Fsp3) is 0.133. The molecule has 0 bridgehead atoms. The van der Waals surface area contributed by atoms with E-state index in [0.29, 0.717) is 5.11 Å². The van der Waals surface area contributed by atoms with Crippen molar-refractivity contribution in [1.82, 2.24) is 0 Å². The molecule has 0 amide bonds. The predicted molar refractivity (Wildman–Crippen MR) is 84.0 cm³/mol. The smallest absolute Gasteiger partial charge is 0.175 e. The van der Waals surface area contributed by atoms with Crippen LogP contribution in [0.2, 0.25) is 0 Å². The van der Waals surface area contributed by atoms with Crippen LogP contribution in [0.1, 0.15) is 5.56 Å². The first kappa shape index (κ1) is 13.4. The van der Waals surface area contributed by atoms with Crippen molar-refractivity contribution in [3.63, 3.8) is 0 Å². The molecule has 98 valence electrons. The van der Waals surface area contributed by atoms with E-state index < -0.39 is 0 Å². The molecule has 0 unspecified atom stereocenters. The average Bonchev–Trinajstić information content (AvgIpc) is 2.42. The molecule has 0 aromatic heterocycles. The zero-order valence-corrected chi connectivity index (χ0v) is 11.8. The number of aryl methyl sites for hydroxylation is 1. The lowest BCUT2D eigenvalue weighted by Gasteiger charge is -2.11. The molecule has 0 radical (unpaired) electrons. The molecule has 0 heterocycles. The zero-order valence-electron chi connectivity index (χ0n) is 10.9. The van der Waals surface area contributed by atoms with Crippen molar-refractivity contribution in [2.45, 2.75) is 6.92 Å². The van der Waals surface area contributed by atoms with Crippen molar-refractivity contribution in [3.05, 3.63) is 54.1 Å². The van der Waals surface area contributed by atoms with Gasteiger partial charge in [0.05, 0.1) is 7.11 Å². The van der Waals surface area contributed by atoms with Gasteiger partial charge < -0.3 is 15.4 Å². The van der Waals surface area contributed by atoms with Crippen LogP contribution in [0.4, 0.5) is 11.4 Å². The molecule has 2 aromatic rings. The summed E-state index contributed by atoms with van der Waals surface area (Å²) in [6.07, 6.45) is 0. The van der Waals surface area contributed by atoms with Crippen LogP contribution in [0.25, 0.3) is 0 Å². The SMILES string of the molecule is COc1ccc(NC(=S)Nc2ccc(C)cc2)cc1. The third-order valence-electron chi connectivity index (χ3n) is 2.66. The summed E-state index contributed by atoms with van der Waals surface area (Å²) < 4.78 is 5.10. The van der Waals surface area contributed by atoms with Crippen LogP contribution in [0.15, 0.2) is 48.5 Å². The monoisotopic (exact) mass is 272 g/mol. The van der Waals surface area contributed by atoms with Crippen LogP contribution >= 0.6 is 12.2 Å². The second kappa shape index (κ2) is 6.20. The maximum atomic E-state index is 5.26. The number of thiocarbonyl (C=S) groups is 1. The van der Waals surface area contributed by atoms with E-state index in [2.05, 4.69) is 17.6 Å². The summed E-state index contributed by atoms with van der Waals surface area (Å²) in [4.78, 5) is 0. The summed E-state index contributed by atoms with van der Waals surface area (Å²) in [6, 6.07) is 15.7. The van der Waals surface area contributed by atoms with E-state index in [4.69, 9.17) is 17.0 Å². The second-order valence-corrected chi connectivity index (χ2v) is 4.58. The van der Waals surface area contributed by atoms with Crippen molar-refractivity contribution < 1.29 is 4.74 Å². The maximum absolute atomic E-state index is 5.26. The molecule has 2 rings (SSSR count). The zero-order chi connectivity index (χ0) is 13.7. The maximum Gasteiger partial charge on any atom is 0.175 e. The second-order valence-electron chi connectivity index (χ2n) is 4.17. The lowest BCUT2D eigenvalue weighted by Crippen LogP contribution is -2.18. The van der Waals surface area contributed by atoms with Gasteiger partial charge in [0.25, 0.3) is 0 Å². The van der Waals surface area contributed by atoms with Gasteiger partial charge >= 0.3 is 0 Å². The number of hydrogen-bond donors (Lipinski definition) is 2. The van der Waals surface area contributed by atoms with E-state index >= 15 is 0 Å². The van der Waals surface area contributed by atoms with Crippen molar-refractivity contribution in [3.8, 4) is 5.75 Å². The normalized spacial score (nSPS) is 9.79. The Labute approximate surface area is 118 Å². The van der Waals surface area contributed by atoms with Crippen LogP contribution < -0.4 is 15.4 Å². The highest BCUT2D eigenvalue weighted by Crippen LogP contribution is 2.15. The number of anilines is 2. The van der Waals surface area contributed by atoms with Gasteiger partial charge in [0, 0.05) is 11.4 Å². The highest BCUT2D eigenvalue weighted by atomic mass is 32.1. The third-order valence-corrected chi connectivity index (χ3v) is 2.86. The molecule has 2 aromatic carbocycles. The van der Waals surface area contributed by atoms with E-state index in [9.17, 15) is 0 Å². The van der Waals surface area contributed by atoms with Crippen LogP contribution in [0.5, 0.6) is 5.75 Å². The molecule has 0 atom stereocenters. The van der Waals surface area contributed by atoms with Gasteiger partial charge in [0.15, 0.2) is 5.11 Å². The van der Waals surface area contributed by atoms with Crippen LogP contribution in [-0.2, 0) is 0 Å². The van der Waals surface area contributed by atoms with Gasteiger partial charge in [0.1, 0.15) is 5.75 Å². The lowest BCUT2D eigenvalue weighted by atomic mass is 10.2. The Morgan fingerprint density at radius 2 is 1.37 bits per heavy atom. The molecule has 0 aliphatic carbocycles. The molecule has 4 heteroatoms. The average molecular weight is 272 g/mol. The fourth-order valence-corrected chi connectivity index (χ4v) is 1.84. The first-order chi connectivity index (χ1) is 9.17. The van der Waals surface area contributed by atoms with Crippen molar-refractivity contribution >= 4 is 28.7 Å². The van der Waals surface area contributed by atoms with Gasteiger partial charge in [-0.05, 0) is 55.5 Å². The standard InChI is InChI=1S/C15H16N2OS/c1-11-3-5-12(6-4-11)16-15(19)17-13-7-9-14(18-2)10-8-13/h3-10H,1-2H3,(H2,16,17,19). The van der Waals surface area contributed by atoms with Gasteiger partial charge in [0.2, 0.25) is 0 Å². The Morgan fingerprint density at radius 1 is 0.895 bits per heavy atom. The van der Waals surface area contributed by atoms with E-state index in [1.807, 2.05) is 48.5 Å². The number of methoxy groups -OCH3 is 1. The summed E-state index contributed by atoms with van der Waals surface area (Å²) in [5.41, 5.74) is 3.11. The van der Waals surface area contributed by atoms with Crippen LogP contribution in [0, 0.1) is 6.92 Å². The van der Waals surface area contributed by atoms with E-state index in [1.165, 1.54) is 5.56 Å². The summed E-state index contributed by atoms with van der Waals surface area (Å²) >= 11 is 5.26. The van der Waals surface area contributed by atoms with Crippen molar-refractivity contribution in [2.75, 3.05) is 17.7 Å². The quantitative estimate of drug-likeness (QED) is 0.832. The number of hydrogen-bond acceptors (Lipinski definition) is 2. The Balaban J connectivity index is 1.95. The molecule has 0 saturated carbocycles. The minimum Gasteiger partial charge on any atom is -0.497 e. The third kappa shape index (κ3) is 3.96. The molecule has 0 saturated heterocycles. The van der Waals surface area contributed by atoms with Crippen LogP contribution in [-0.4, -0.2) is 12.2 Å². The Morgan fingerprint density at radius 3 is 1.84 bits per heavy atom. The molecule has 0 aliphatic rings. The van der Waals surface area contributed by atoms with Crippen molar-refractivity contribution in [2.24, 2.45) is 0 Å². The van der Waals surface area contributed by atoms with Gasteiger partial charge in [-0.15, -0.1) is 0 Å². The number of benzene rings is 2.